The van der Waals surface area contributed by atoms with Crippen molar-refractivity contribution in [1.82, 2.24) is 20.0 Å². The summed E-state index contributed by atoms with van der Waals surface area (Å²) in [5.41, 5.74) is 4.55. The van der Waals surface area contributed by atoms with Crippen LogP contribution in [0.5, 0.6) is 5.75 Å². The van der Waals surface area contributed by atoms with Gasteiger partial charge < -0.3 is 14.5 Å². The summed E-state index contributed by atoms with van der Waals surface area (Å²) in [5, 5.41) is 2.65. The van der Waals surface area contributed by atoms with Crippen molar-refractivity contribution in [3.05, 3.63) is 98.4 Å². The van der Waals surface area contributed by atoms with Crippen LogP contribution >= 0.6 is 11.6 Å². The highest BCUT2D eigenvalue weighted by Gasteiger charge is 2.67. The molecule has 12 nitrogen and oxygen atoms in total. The number of amides is 5. The lowest BCUT2D eigenvalue weighted by atomic mass is 9.49. The van der Waals surface area contributed by atoms with Gasteiger partial charge in [-0.05, 0) is 92.9 Å². The normalized spacial score (nSPS) is 24.9. The molecule has 5 amide bonds. The number of likely N-dealkylation sites (tertiary alicyclic amines) is 1. The SMILES string of the molecule is [C-]#[N+]c1ccc(OC2C(C)(C)C(N3Cc4cc(C#CC5CCN(C6CN(c7ccc8c(c7)C(=O)N(C7CCC(=O)NC7=O)C8=O)C6)CC5)ccc4C3=O)C2(C)C)c(C)c1Cl. The maximum atomic E-state index is 13.9. The van der Waals surface area contributed by atoms with E-state index in [1.165, 1.54) is 0 Å². The maximum Gasteiger partial charge on any atom is 0.262 e. The number of rotatable bonds is 6. The smallest absolute Gasteiger partial charge is 0.262 e. The molecule has 6 aliphatic rings. The van der Waals surface area contributed by atoms with Crippen LogP contribution in [0.4, 0.5) is 11.4 Å². The van der Waals surface area contributed by atoms with Gasteiger partial charge in [-0.15, -0.1) is 0 Å². The quantitative estimate of drug-likeness (QED) is 0.172. The summed E-state index contributed by atoms with van der Waals surface area (Å²) >= 11 is 6.47. The maximum absolute atomic E-state index is 13.9. The first-order valence-corrected chi connectivity index (χ1v) is 21.1. The number of nitrogens with zero attached hydrogens (tertiary/aromatic N) is 5. The van der Waals surface area contributed by atoms with Crippen LogP contribution in [-0.2, 0) is 16.1 Å². The molecule has 3 aromatic carbocycles. The molecule has 1 atom stereocenters. The van der Waals surface area contributed by atoms with Gasteiger partial charge in [0.25, 0.3) is 17.7 Å². The molecular formula is C47H47ClN6O6. The number of imide groups is 2. The topological polar surface area (TPSA) is 124 Å². The molecule has 60 heavy (non-hydrogen) atoms. The average molecular weight is 827 g/mol. The van der Waals surface area contributed by atoms with Gasteiger partial charge in [-0.2, -0.15) is 0 Å². The second-order valence-corrected chi connectivity index (χ2v) is 18.7. The highest BCUT2D eigenvalue weighted by Crippen LogP contribution is 2.59. The molecule has 1 aliphatic carbocycles. The van der Waals surface area contributed by atoms with Crippen molar-refractivity contribution in [2.24, 2.45) is 16.7 Å². The van der Waals surface area contributed by atoms with Crippen LogP contribution in [0.3, 0.4) is 0 Å². The van der Waals surface area contributed by atoms with Crippen LogP contribution in [0.2, 0.25) is 5.02 Å². The number of ether oxygens (including phenoxy) is 1. The summed E-state index contributed by atoms with van der Waals surface area (Å²) < 4.78 is 6.61. The number of carbonyl (C=O) groups excluding carboxylic acids is 5. The van der Waals surface area contributed by atoms with Crippen molar-refractivity contribution in [2.45, 2.75) is 91.1 Å². The minimum atomic E-state index is -0.979. The minimum absolute atomic E-state index is 0.0351. The molecule has 13 heteroatoms. The summed E-state index contributed by atoms with van der Waals surface area (Å²) in [6, 6.07) is 14.1. The lowest BCUT2D eigenvalue weighted by Crippen LogP contribution is -2.74. The average Bonchev–Trinajstić information content (AvgIpc) is 3.64. The van der Waals surface area contributed by atoms with E-state index in [9.17, 15) is 24.0 Å². The van der Waals surface area contributed by atoms with Crippen molar-refractivity contribution >= 4 is 52.5 Å². The number of hydrogen-bond donors (Lipinski definition) is 1. The molecule has 1 N–H and O–H groups in total. The molecule has 5 aliphatic heterocycles. The predicted molar refractivity (Wildman–Crippen MR) is 225 cm³/mol. The lowest BCUT2D eigenvalue weighted by Gasteiger charge is -2.65. The molecule has 3 aromatic rings. The van der Waals surface area contributed by atoms with Gasteiger partial charge >= 0.3 is 0 Å². The van der Waals surface area contributed by atoms with Crippen molar-refractivity contribution in [3.63, 3.8) is 0 Å². The van der Waals surface area contributed by atoms with E-state index in [1.54, 1.807) is 18.2 Å². The van der Waals surface area contributed by atoms with Crippen LogP contribution < -0.4 is 15.0 Å². The van der Waals surface area contributed by atoms with Crippen LogP contribution in [-0.4, -0.2) is 94.6 Å². The first-order chi connectivity index (χ1) is 28.6. The Kier molecular flexibility index (Phi) is 9.61. The zero-order chi connectivity index (χ0) is 42.4. The highest BCUT2D eigenvalue weighted by atomic mass is 35.5. The van der Waals surface area contributed by atoms with Gasteiger partial charge in [0.1, 0.15) is 17.9 Å². The van der Waals surface area contributed by atoms with Gasteiger partial charge in [-0.1, -0.05) is 57.2 Å². The van der Waals surface area contributed by atoms with Gasteiger partial charge in [-0.3, -0.25) is 39.1 Å². The van der Waals surface area contributed by atoms with Gasteiger partial charge in [0.2, 0.25) is 17.5 Å². The van der Waals surface area contributed by atoms with E-state index in [-0.39, 0.29) is 53.2 Å². The fourth-order valence-electron chi connectivity index (χ4n) is 11.0. The predicted octanol–water partition coefficient (Wildman–Crippen LogP) is 6.39. The molecule has 9 rings (SSSR count). The molecular weight excluding hydrogens is 780 g/mol. The lowest BCUT2D eigenvalue weighted by molar-refractivity contribution is -0.199. The van der Waals surface area contributed by atoms with Crippen molar-refractivity contribution in [3.8, 4) is 17.6 Å². The Morgan fingerprint density at radius 2 is 1.57 bits per heavy atom. The third kappa shape index (κ3) is 6.35. The Morgan fingerprint density at radius 1 is 0.867 bits per heavy atom. The fraction of sp³-hybridized carbons (Fsp3) is 0.447. The van der Waals surface area contributed by atoms with Gasteiger partial charge in [0.15, 0.2) is 0 Å². The molecule has 0 aromatic heterocycles. The van der Waals surface area contributed by atoms with Crippen LogP contribution in [0.1, 0.15) is 101 Å². The number of halogens is 1. The summed E-state index contributed by atoms with van der Waals surface area (Å²) in [6.07, 6.45) is 1.98. The highest BCUT2D eigenvalue weighted by molar-refractivity contribution is 6.34. The van der Waals surface area contributed by atoms with Crippen molar-refractivity contribution < 1.29 is 28.7 Å². The Morgan fingerprint density at radius 3 is 2.27 bits per heavy atom. The largest absolute Gasteiger partial charge is 0.489 e. The third-order valence-corrected chi connectivity index (χ3v) is 14.3. The van der Waals surface area contributed by atoms with Crippen LogP contribution in [0.15, 0.2) is 48.5 Å². The van der Waals surface area contributed by atoms with Gasteiger partial charge in [0.05, 0.1) is 22.7 Å². The van der Waals surface area contributed by atoms with E-state index in [1.807, 2.05) is 36.1 Å². The number of fused-ring (bicyclic) bond motifs is 2. The molecule has 1 unspecified atom stereocenters. The summed E-state index contributed by atoms with van der Waals surface area (Å²) in [6.45, 7) is 21.9. The number of hydrogen-bond acceptors (Lipinski definition) is 8. The summed E-state index contributed by atoms with van der Waals surface area (Å²) in [4.78, 5) is 75.6. The first-order valence-electron chi connectivity index (χ1n) is 20.7. The van der Waals surface area contributed by atoms with E-state index in [0.717, 1.165) is 71.9 Å². The Labute approximate surface area is 355 Å². The number of carbonyl (C=O) groups is 5. The Hall–Kier alpha value is -5.69. The number of nitrogens with one attached hydrogen (secondary N) is 1. The van der Waals surface area contributed by atoms with E-state index in [4.69, 9.17) is 22.9 Å². The van der Waals surface area contributed by atoms with Crippen molar-refractivity contribution in [1.29, 1.82) is 0 Å². The van der Waals surface area contributed by atoms with Crippen LogP contribution in [0.25, 0.3) is 4.85 Å². The number of anilines is 1. The Balaban J connectivity index is 0.780. The monoisotopic (exact) mass is 826 g/mol. The van der Waals surface area contributed by atoms with Gasteiger partial charge in [-0.25, -0.2) is 4.85 Å². The van der Waals surface area contributed by atoms with E-state index < -0.39 is 29.7 Å². The van der Waals surface area contributed by atoms with Gasteiger partial charge in [0, 0.05) is 71.7 Å². The number of benzene rings is 3. The van der Waals surface area contributed by atoms with E-state index in [0.29, 0.717) is 34.6 Å². The molecule has 3 saturated heterocycles. The fourth-order valence-corrected chi connectivity index (χ4v) is 11.2. The van der Waals surface area contributed by atoms with Crippen LogP contribution in [0, 0.1) is 42.1 Å². The minimum Gasteiger partial charge on any atom is -0.489 e. The van der Waals surface area contributed by atoms with E-state index >= 15 is 0 Å². The zero-order valence-corrected chi connectivity index (χ0v) is 35.2. The molecule has 0 radical (unpaired) electrons. The Bertz CT molecular complexity index is 2480. The molecule has 5 heterocycles. The molecule has 1 saturated carbocycles. The second-order valence-electron chi connectivity index (χ2n) is 18.3. The number of piperidine rings is 2. The second kappa shape index (κ2) is 14.5. The molecule has 0 spiro atoms. The van der Waals surface area contributed by atoms with Crippen molar-refractivity contribution in [2.75, 3.05) is 31.1 Å². The third-order valence-electron chi connectivity index (χ3n) is 13.8. The first kappa shape index (κ1) is 39.8. The zero-order valence-electron chi connectivity index (χ0n) is 34.4. The summed E-state index contributed by atoms with van der Waals surface area (Å²) in [5.74, 6) is 5.93. The molecule has 4 fully saturated rings. The summed E-state index contributed by atoms with van der Waals surface area (Å²) in [7, 11) is 0. The molecule has 0 bridgehead atoms. The van der Waals surface area contributed by atoms with E-state index in [2.05, 4.69) is 65.6 Å². The molecule has 308 valence electrons. The standard InChI is InChI=1S/C47H47ClN6O6/c1-26-37(15-13-35(49-6)39(26)48)60-45-46(2,3)44(47(45,4)5)53-23-29-21-28(9-11-32(29)41(53)57)8-7-27-17-19-51(20-18-27)31-24-52(25-31)30-10-12-33-34(22-30)43(59)54(42(33)58)36-14-16-38(55)50-40(36)56/h9-13,15,21-22,27,31,36,44-45H,14,16-20,23-25H2,1-5H3,(H,50,55,56).